The van der Waals surface area contributed by atoms with E-state index >= 15 is 0 Å². The van der Waals surface area contributed by atoms with Crippen molar-refractivity contribution in [2.24, 2.45) is 11.5 Å². The third-order valence-corrected chi connectivity index (χ3v) is 3.54. The lowest BCUT2D eigenvalue weighted by Gasteiger charge is -2.03. The highest BCUT2D eigenvalue weighted by Crippen LogP contribution is 2.06. The van der Waals surface area contributed by atoms with E-state index in [4.69, 9.17) is 34.5 Å². The van der Waals surface area contributed by atoms with E-state index in [1.54, 1.807) is 0 Å². The zero-order valence-corrected chi connectivity index (χ0v) is 15.7. The van der Waals surface area contributed by atoms with Gasteiger partial charge in [-0.2, -0.15) is 0 Å². The monoisotopic (exact) mass is 410 g/mol. The number of H-pyrrole nitrogens is 2. The molecule has 2 amide bonds. The second-order valence-corrected chi connectivity index (χ2v) is 5.86. The van der Waals surface area contributed by atoms with Gasteiger partial charge in [-0.05, 0) is 19.4 Å². The second-order valence-electron chi connectivity index (χ2n) is 5.47. The lowest BCUT2D eigenvalue weighted by atomic mass is 10.1. The number of fused-ring (bicyclic) bond motifs is 1. The molecule has 0 bridgehead atoms. The molecule has 1 aliphatic rings. The molecule has 3 heterocycles. The molecule has 152 valence electrons. The molecule has 0 saturated heterocycles. The summed E-state index contributed by atoms with van der Waals surface area (Å²) in [5.74, 6) is -1.30. The van der Waals surface area contributed by atoms with Gasteiger partial charge in [0.1, 0.15) is 11.6 Å². The van der Waals surface area contributed by atoms with E-state index in [1.807, 2.05) is 5.32 Å². The van der Waals surface area contributed by atoms with Crippen molar-refractivity contribution >= 4 is 47.1 Å². The third kappa shape index (κ3) is 8.03. The number of carboxylic acid groups (broad SMARTS) is 1. The summed E-state index contributed by atoms with van der Waals surface area (Å²) in [6, 6.07) is -0.716. The van der Waals surface area contributed by atoms with Crippen molar-refractivity contribution < 1.29 is 19.5 Å². The molecular formula is C15H22N8O4S. The average Bonchev–Trinajstić information content (AvgIpc) is 3.24. The van der Waals surface area contributed by atoms with Gasteiger partial charge in [0, 0.05) is 12.2 Å². The summed E-state index contributed by atoms with van der Waals surface area (Å²) < 4.78 is 0.439. The summed E-state index contributed by atoms with van der Waals surface area (Å²) in [4.78, 5) is 43.6. The van der Waals surface area contributed by atoms with E-state index in [0.717, 1.165) is 12.8 Å². The van der Waals surface area contributed by atoms with Crippen molar-refractivity contribution in [2.75, 3.05) is 12.3 Å². The van der Waals surface area contributed by atoms with E-state index < -0.39 is 12.0 Å². The zero-order valence-electron chi connectivity index (χ0n) is 14.8. The van der Waals surface area contributed by atoms with Crippen LogP contribution in [0.15, 0.2) is 18.5 Å². The number of hydrogen-bond donors (Lipinski definition) is 7. The molecule has 12 nitrogen and oxygen atoms in total. The van der Waals surface area contributed by atoms with Crippen molar-refractivity contribution in [2.45, 2.75) is 25.3 Å². The average molecular weight is 410 g/mol. The first-order chi connectivity index (χ1) is 13.2. The second kappa shape index (κ2) is 11.5. The van der Waals surface area contributed by atoms with Crippen LogP contribution in [0.25, 0.3) is 11.2 Å². The Bertz CT molecular complexity index is 891. The first kappa shape index (κ1) is 22.9. The summed E-state index contributed by atoms with van der Waals surface area (Å²) in [6.45, 7) is 0.604. The van der Waals surface area contributed by atoms with Crippen LogP contribution in [0, 0.1) is 4.64 Å². The van der Waals surface area contributed by atoms with Gasteiger partial charge in [0.25, 0.3) is 11.8 Å². The van der Waals surface area contributed by atoms with E-state index in [1.165, 1.54) is 18.5 Å². The lowest BCUT2D eigenvalue weighted by Crippen LogP contribution is -2.29. The Morgan fingerprint density at radius 2 is 1.89 bits per heavy atom. The number of anilines is 1. The Morgan fingerprint density at radius 3 is 2.39 bits per heavy atom. The number of nitrogens with one attached hydrogen (secondary N) is 3. The number of unbranched alkanes of at least 4 members (excludes halogenated alkanes) is 1. The molecule has 1 atom stereocenters. The maximum Gasteiger partial charge on any atom is 0.320 e. The fourth-order valence-corrected chi connectivity index (χ4v) is 2.11. The minimum absolute atomic E-state index is 0.287. The molecule has 0 aromatic carbocycles. The molecule has 1 aliphatic heterocycles. The van der Waals surface area contributed by atoms with Crippen molar-refractivity contribution in [3.63, 3.8) is 0 Å². The van der Waals surface area contributed by atoms with Crippen LogP contribution >= 0.6 is 12.2 Å². The number of nitrogens with zero attached hydrogens (tertiary/aromatic N) is 2. The van der Waals surface area contributed by atoms with Gasteiger partial charge in [-0.15, -0.1) is 0 Å². The molecule has 10 N–H and O–H groups in total. The number of aliphatic carboxylic acids is 1. The Kier molecular flexibility index (Phi) is 9.42. The zero-order chi connectivity index (χ0) is 21.1. The summed E-state index contributed by atoms with van der Waals surface area (Å²) >= 11 is 4.91. The molecule has 1 unspecified atom stereocenters. The quantitative estimate of drug-likeness (QED) is 0.187. The standard InChI is InChI=1S/C6H14N2O2.C5H5N5S.C4H3NO2/c7-4-2-1-3-5(8)6(9)10;6-5-9-3-2(4(11)10-5)7-1-8-3;6-3-1-2-4(7)5-3/h5H,1-4,7-8H2,(H,9,10);1H,(H4,6,7,8,9,10,11);1-2H,(H,5,6,7). The molecule has 0 fully saturated rings. The minimum Gasteiger partial charge on any atom is -0.480 e. The van der Waals surface area contributed by atoms with Crippen LogP contribution in [-0.2, 0) is 14.4 Å². The first-order valence-corrected chi connectivity index (χ1v) is 8.55. The van der Waals surface area contributed by atoms with Crippen LogP contribution in [-0.4, -0.2) is 55.4 Å². The Balaban J connectivity index is 0.000000215. The van der Waals surface area contributed by atoms with Crippen molar-refractivity contribution in [3.05, 3.63) is 23.1 Å². The van der Waals surface area contributed by atoms with Gasteiger partial charge in [0.05, 0.1) is 6.33 Å². The summed E-state index contributed by atoms with van der Waals surface area (Å²) in [5, 5.41) is 10.4. The Hall–Kier alpha value is -3.16. The van der Waals surface area contributed by atoms with Gasteiger partial charge in [-0.3, -0.25) is 19.7 Å². The molecule has 0 aliphatic carbocycles. The number of imide groups is 1. The molecule has 0 spiro atoms. The Morgan fingerprint density at radius 1 is 1.25 bits per heavy atom. The van der Waals surface area contributed by atoms with Gasteiger partial charge < -0.3 is 32.3 Å². The molecule has 13 heteroatoms. The summed E-state index contributed by atoms with van der Waals surface area (Å²) in [7, 11) is 0. The van der Waals surface area contributed by atoms with Crippen molar-refractivity contribution in [3.8, 4) is 0 Å². The van der Waals surface area contributed by atoms with E-state index in [0.29, 0.717) is 28.8 Å². The molecule has 28 heavy (non-hydrogen) atoms. The normalized spacial score (nSPS) is 13.2. The highest BCUT2D eigenvalue weighted by Gasteiger charge is 2.09. The smallest absolute Gasteiger partial charge is 0.320 e. The van der Waals surface area contributed by atoms with Crippen molar-refractivity contribution in [1.29, 1.82) is 0 Å². The van der Waals surface area contributed by atoms with Crippen LogP contribution in [0.2, 0.25) is 0 Å². The fraction of sp³-hybridized carbons (Fsp3) is 0.333. The maximum atomic E-state index is 10.1. The van der Waals surface area contributed by atoms with E-state index in [2.05, 4.69) is 19.9 Å². The number of aromatic nitrogens is 4. The maximum absolute atomic E-state index is 10.1. The molecule has 3 rings (SSSR count). The van der Waals surface area contributed by atoms with Crippen LogP contribution in [0.4, 0.5) is 5.95 Å². The number of carboxylic acids is 1. The molecule has 0 radical (unpaired) electrons. The number of carbonyl (C=O) groups excluding carboxylic acids is 2. The number of nitrogens with two attached hydrogens (primary N) is 3. The fourth-order valence-electron chi connectivity index (χ4n) is 1.85. The third-order valence-electron chi connectivity index (χ3n) is 3.24. The summed E-state index contributed by atoms with van der Waals surface area (Å²) in [6.07, 6.45) is 6.10. The molecular weight excluding hydrogens is 388 g/mol. The van der Waals surface area contributed by atoms with Gasteiger partial charge in [0.2, 0.25) is 5.95 Å². The number of amides is 2. The Labute approximate surface area is 164 Å². The highest BCUT2D eigenvalue weighted by molar-refractivity contribution is 7.71. The van der Waals surface area contributed by atoms with Crippen LogP contribution in [0.1, 0.15) is 19.3 Å². The molecule has 2 aromatic heterocycles. The predicted octanol–water partition coefficient (Wildman–Crippen LogP) is -0.676. The van der Waals surface area contributed by atoms with Gasteiger partial charge >= 0.3 is 5.97 Å². The molecule has 0 saturated carbocycles. The summed E-state index contributed by atoms with van der Waals surface area (Å²) in [5.41, 5.74) is 17.2. The number of aromatic amines is 2. The van der Waals surface area contributed by atoms with Gasteiger partial charge in [-0.25, -0.2) is 9.97 Å². The van der Waals surface area contributed by atoms with Crippen LogP contribution < -0.4 is 22.5 Å². The van der Waals surface area contributed by atoms with Gasteiger partial charge in [0.15, 0.2) is 10.3 Å². The van der Waals surface area contributed by atoms with E-state index in [9.17, 15) is 14.4 Å². The number of imidazole rings is 1. The van der Waals surface area contributed by atoms with E-state index in [-0.39, 0.29) is 17.8 Å². The first-order valence-electron chi connectivity index (χ1n) is 8.15. The highest BCUT2D eigenvalue weighted by atomic mass is 32.1. The van der Waals surface area contributed by atoms with Gasteiger partial charge in [-0.1, -0.05) is 18.6 Å². The van der Waals surface area contributed by atoms with Crippen LogP contribution in [0.5, 0.6) is 0 Å². The molecule has 2 aromatic rings. The topological polar surface area (TPSA) is 219 Å². The predicted molar refractivity (Wildman–Crippen MR) is 104 cm³/mol. The number of rotatable bonds is 5. The minimum atomic E-state index is -0.933. The largest absolute Gasteiger partial charge is 0.480 e. The number of nitrogen functional groups attached to an aromatic ring is 1. The SMILES string of the molecule is NCCCCC(N)C(=O)O.Nc1nc(=S)c2[nH]cnc2[nH]1.O=C1C=CC(=O)N1. The van der Waals surface area contributed by atoms with Crippen molar-refractivity contribution in [1.82, 2.24) is 25.3 Å². The number of carbonyl (C=O) groups is 3. The number of hydrogen-bond acceptors (Lipinski definition) is 9. The van der Waals surface area contributed by atoms with Crippen LogP contribution in [0.3, 0.4) is 0 Å². The lowest BCUT2D eigenvalue weighted by molar-refractivity contribution is -0.138.